The van der Waals surface area contributed by atoms with E-state index in [4.69, 9.17) is 5.73 Å². The maximum Gasteiger partial charge on any atom is 0.339 e. The van der Waals surface area contributed by atoms with Crippen LogP contribution in [0.5, 0.6) is 0 Å². The molecule has 0 amide bonds. The monoisotopic (exact) mass is 295 g/mol. The zero-order chi connectivity index (χ0) is 14.7. The highest BCUT2D eigenvalue weighted by atomic mass is 32.2. The van der Waals surface area contributed by atoms with Gasteiger partial charge in [0.15, 0.2) is 5.16 Å². The molecule has 1 aromatic heterocycles. The van der Waals surface area contributed by atoms with Gasteiger partial charge in [-0.05, 0) is 23.9 Å². The number of aromatic nitrogens is 2. The van der Waals surface area contributed by atoms with Crippen LogP contribution in [0.25, 0.3) is 0 Å². The first kappa shape index (κ1) is 14.1. The summed E-state index contributed by atoms with van der Waals surface area (Å²) in [5.41, 5.74) is 5.24. The molecule has 0 aliphatic rings. The molecule has 0 atom stereocenters. The second kappa shape index (κ2) is 5.74. The molecule has 20 heavy (non-hydrogen) atoms. The van der Waals surface area contributed by atoms with E-state index in [0.29, 0.717) is 0 Å². The van der Waals surface area contributed by atoms with E-state index < -0.39 is 11.8 Å². The summed E-state index contributed by atoms with van der Waals surface area (Å²) in [4.78, 5) is 29.1. The molecule has 2 rings (SSSR count). The highest BCUT2D eigenvalue weighted by Crippen LogP contribution is 2.30. The molecule has 6 nitrogen and oxygen atoms in total. The number of rotatable bonds is 3. The molecule has 0 radical (unpaired) electrons. The molecular weight excluding hydrogens is 285 g/mol. The highest BCUT2D eigenvalue weighted by Gasteiger charge is 2.16. The summed E-state index contributed by atoms with van der Waals surface area (Å²) in [5, 5.41) is 0.206. The molecular formula is C12H10FN3O3S. The van der Waals surface area contributed by atoms with Crippen LogP contribution in [0.3, 0.4) is 0 Å². The molecule has 0 fully saturated rings. The van der Waals surface area contributed by atoms with Crippen molar-refractivity contribution >= 4 is 23.4 Å². The molecule has 104 valence electrons. The van der Waals surface area contributed by atoms with E-state index in [-0.39, 0.29) is 26.9 Å². The predicted molar refractivity (Wildman–Crippen MR) is 71.1 cm³/mol. The lowest BCUT2D eigenvalue weighted by Crippen LogP contribution is -2.07. The number of halogens is 1. The number of anilines is 1. The number of aromatic amines is 1. The van der Waals surface area contributed by atoms with Crippen LogP contribution in [-0.4, -0.2) is 23.0 Å². The molecule has 8 heteroatoms. The summed E-state index contributed by atoms with van der Waals surface area (Å²) in [6.45, 7) is 0. The van der Waals surface area contributed by atoms with Crippen LogP contribution in [0.2, 0.25) is 0 Å². The third-order valence-corrected chi connectivity index (χ3v) is 3.30. The maximum atomic E-state index is 13.8. The van der Waals surface area contributed by atoms with Crippen molar-refractivity contribution in [3.8, 4) is 0 Å². The van der Waals surface area contributed by atoms with Gasteiger partial charge in [0.05, 0.1) is 17.6 Å². The Hall–Kier alpha value is -2.35. The Morgan fingerprint density at radius 3 is 2.90 bits per heavy atom. The van der Waals surface area contributed by atoms with Crippen molar-refractivity contribution in [2.75, 3.05) is 12.8 Å². The van der Waals surface area contributed by atoms with E-state index in [1.807, 2.05) is 0 Å². The minimum Gasteiger partial charge on any atom is -0.465 e. The molecule has 0 bridgehead atoms. The van der Waals surface area contributed by atoms with Crippen molar-refractivity contribution in [3.05, 3.63) is 46.1 Å². The number of nitrogen functional groups attached to an aromatic ring is 1. The van der Waals surface area contributed by atoms with Gasteiger partial charge in [0.1, 0.15) is 5.82 Å². The minimum atomic E-state index is -0.668. The molecule has 0 aliphatic heterocycles. The number of carbonyl (C=O) groups excluding carboxylic acids is 1. The molecule has 3 N–H and O–H groups in total. The Bertz CT molecular complexity index is 717. The summed E-state index contributed by atoms with van der Waals surface area (Å²) in [6.07, 6.45) is 1.30. The van der Waals surface area contributed by atoms with Gasteiger partial charge in [-0.2, -0.15) is 0 Å². The molecule has 0 saturated carbocycles. The number of hydrogen-bond acceptors (Lipinski definition) is 6. The van der Waals surface area contributed by atoms with E-state index in [1.165, 1.54) is 25.4 Å². The summed E-state index contributed by atoms with van der Waals surface area (Å²) in [6, 6.07) is 3.52. The topological polar surface area (TPSA) is 98.1 Å². The van der Waals surface area contributed by atoms with Gasteiger partial charge in [-0.25, -0.2) is 14.2 Å². The molecule has 0 aliphatic carbocycles. The number of ether oxygens (including phenoxy) is 1. The fourth-order valence-corrected chi connectivity index (χ4v) is 2.25. The average molecular weight is 295 g/mol. The molecule has 0 unspecified atom stereocenters. The zero-order valence-corrected chi connectivity index (χ0v) is 11.2. The van der Waals surface area contributed by atoms with Crippen molar-refractivity contribution in [2.24, 2.45) is 0 Å². The Balaban J connectivity index is 2.41. The molecule has 0 spiro atoms. The van der Waals surface area contributed by atoms with Crippen LogP contribution in [-0.2, 0) is 4.74 Å². The van der Waals surface area contributed by atoms with E-state index in [0.717, 1.165) is 17.8 Å². The van der Waals surface area contributed by atoms with Crippen LogP contribution in [0.1, 0.15) is 10.4 Å². The SMILES string of the molecule is COC(=O)c1cc(Sc2nccc(=O)[nH]2)c(F)cc1N. The lowest BCUT2D eigenvalue weighted by atomic mass is 10.2. The van der Waals surface area contributed by atoms with E-state index in [2.05, 4.69) is 14.7 Å². The summed E-state index contributed by atoms with van der Waals surface area (Å²) in [5.74, 6) is -1.29. The Kier molecular flexibility index (Phi) is 4.04. The van der Waals surface area contributed by atoms with Crippen LogP contribution in [0, 0.1) is 5.82 Å². The lowest BCUT2D eigenvalue weighted by molar-refractivity contribution is 0.0601. The van der Waals surface area contributed by atoms with Crippen molar-refractivity contribution in [2.45, 2.75) is 10.1 Å². The van der Waals surface area contributed by atoms with Crippen molar-refractivity contribution in [3.63, 3.8) is 0 Å². The number of benzene rings is 1. The standard InChI is InChI=1S/C12H10FN3O3S/c1-19-11(18)6-4-9(7(13)5-8(6)14)20-12-15-3-2-10(17)16-12/h2-5H,14H2,1H3,(H,15,16,17). The first-order chi connectivity index (χ1) is 9.51. The van der Waals surface area contributed by atoms with Crippen LogP contribution < -0.4 is 11.3 Å². The van der Waals surface area contributed by atoms with Crippen LogP contribution in [0.4, 0.5) is 10.1 Å². The van der Waals surface area contributed by atoms with Gasteiger partial charge < -0.3 is 15.5 Å². The van der Waals surface area contributed by atoms with Crippen molar-refractivity contribution in [1.29, 1.82) is 0 Å². The van der Waals surface area contributed by atoms with Crippen molar-refractivity contribution in [1.82, 2.24) is 9.97 Å². The number of carbonyl (C=O) groups is 1. The maximum absolute atomic E-state index is 13.8. The van der Waals surface area contributed by atoms with Crippen molar-refractivity contribution < 1.29 is 13.9 Å². The van der Waals surface area contributed by atoms with Gasteiger partial charge in [-0.1, -0.05) is 0 Å². The molecule has 0 saturated heterocycles. The number of nitrogens with zero attached hydrogens (tertiary/aromatic N) is 1. The second-order valence-electron chi connectivity index (χ2n) is 3.70. The van der Waals surface area contributed by atoms with E-state index in [1.54, 1.807) is 0 Å². The van der Waals surface area contributed by atoms with Gasteiger partial charge in [0, 0.05) is 18.0 Å². The second-order valence-corrected chi connectivity index (χ2v) is 4.73. The molecule has 1 aromatic carbocycles. The Labute approximate surface area is 117 Å². The number of esters is 1. The zero-order valence-electron chi connectivity index (χ0n) is 10.3. The molecule has 1 heterocycles. The lowest BCUT2D eigenvalue weighted by Gasteiger charge is -2.08. The Morgan fingerprint density at radius 1 is 1.50 bits per heavy atom. The summed E-state index contributed by atoms with van der Waals surface area (Å²) in [7, 11) is 1.20. The van der Waals surface area contributed by atoms with Gasteiger partial charge in [-0.15, -0.1) is 0 Å². The average Bonchev–Trinajstić information content (AvgIpc) is 2.41. The third-order valence-electron chi connectivity index (χ3n) is 2.36. The van der Waals surface area contributed by atoms with Gasteiger partial charge in [-0.3, -0.25) is 4.79 Å². The Morgan fingerprint density at radius 2 is 2.25 bits per heavy atom. The number of hydrogen-bond donors (Lipinski definition) is 2. The number of methoxy groups -OCH3 is 1. The summed E-state index contributed by atoms with van der Waals surface area (Å²) < 4.78 is 18.4. The number of H-pyrrole nitrogens is 1. The third kappa shape index (κ3) is 2.97. The largest absolute Gasteiger partial charge is 0.465 e. The molecule has 2 aromatic rings. The van der Waals surface area contributed by atoms with Crippen LogP contribution in [0.15, 0.2) is 39.2 Å². The van der Waals surface area contributed by atoms with E-state index >= 15 is 0 Å². The van der Waals surface area contributed by atoms with Gasteiger partial charge in [0.2, 0.25) is 0 Å². The quantitative estimate of drug-likeness (QED) is 0.505. The van der Waals surface area contributed by atoms with Gasteiger partial charge in [0.25, 0.3) is 5.56 Å². The van der Waals surface area contributed by atoms with E-state index in [9.17, 15) is 14.0 Å². The number of nitrogens with one attached hydrogen (secondary N) is 1. The smallest absolute Gasteiger partial charge is 0.339 e. The first-order valence-electron chi connectivity index (χ1n) is 5.42. The minimum absolute atomic E-state index is 0.0202. The number of nitrogens with two attached hydrogens (primary N) is 1. The normalized spacial score (nSPS) is 10.3. The fraction of sp³-hybridized carbons (Fsp3) is 0.0833. The van der Waals surface area contributed by atoms with Crippen LogP contribution >= 0.6 is 11.8 Å². The predicted octanol–water partition coefficient (Wildman–Crippen LogP) is 1.43. The summed E-state index contributed by atoms with van der Waals surface area (Å²) >= 11 is 0.874. The first-order valence-corrected chi connectivity index (χ1v) is 6.23. The highest BCUT2D eigenvalue weighted by molar-refractivity contribution is 7.99. The fourth-order valence-electron chi connectivity index (χ4n) is 1.44. The van der Waals surface area contributed by atoms with Gasteiger partial charge >= 0.3 is 5.97 Å².